The minimum Gasteiger partial charge on any atom is -0.457 e. The second-order valence-corrected chi connectivity index (χ2v) is 5.88. The zero-order valence-corrected chi connectivity index (χ0v) is 11.8. The summed E-state index contributed by atoms with van der Waals surface area (Å²) in [6, 6.07) is 6.52. The first-order valence-electron chi connectivity index (χ1n) is 5.72. The molecule has 104 valence electrons. The molecule has 0 aliphatic rings. The second-order valence-electron chi connectivity index (χ2n) is 4.81. The number of carbonyl (C=O) groups excluding carboxylic acids is 1. The number of hydrogen-bond acceptors (Lipinski definition) is 3. The number of thioether (sulfide) groups is 1. The molecule has 0 spiro atoms. The summed E-state index contributed by atoms with van der Waals surface area (Å²) in [5, 5.41) is 0. The van der Waals surface area contributed by atoms with Gasteiger partial charge in [-0.05, 0) is 44.5 Å². The van der Waals surface area contributed by atoms with Crippen LogP contribution in [0.15, 0.2) is 35.2 Å². The Morgan fingerprint density at radius 3 is 2.32 bits per heavy atom. The quantitative estimate of drug-likeness (QED) is 0.467. The fraction of sp³-hybridized carbons (Fsp3) is 0.357. The van der Waals surface area contributed by atoms with E-state index in [0.29, 0.717) is 16.7 Å². The Labute approximate surface area is 115 Å². The van der Waals surface area contributed by atoms with Crippen LogP contribution in [0.5, 0.6) is 0 Å². The summed E-state index contributed by atoms with van der Waals surface area (Å²) in [5.41, 5.74) is 0.226. The summed E-state index contributed by atoms with van der Waals surface area (Å²) in [5.74, 6) is -2.86. The van der Waals surface area contributed by atoms with E-state index in [1.807, 2.05) is 0 Å². The normalized spacial score (nSPS) is 12.1. The SMILES string of the molecule is CC(C)(C)OC(=O)/C=C/c1ccc(SC(F)F)cc1. The van der Waals surface area contributed by atoms with Crippen LogP contribution in [0, 0.1) is 0 Å². The van der Waals surface area contributed by atoms with Crippen molar-refractivity contribution >= 4 is 23.8 Å². The maximum atomic E-state index is 12.1. The Bertz CT molecular complexity index is 448. The Balaban J connectivity index is 2.60. The van der Waals surface area contributed by atoms with Crippen LogP contribution in [0.25, 0.3) is 6.08 Å². The van der Waals surface area contributed by atoms with E-state index < -0.39 is 17.3 Å². The predicted octanol–water partition coefficient (Wildman–Crippen LogP) is 4.36. The Hall–Kier alpha value is -1.36. The lowest BCUT2D eigenvalue weighted by Gasteiger charge is -2.17. The highest BCUT2D eigenvalue weighted by atomic mass is 32.2. The van der Waals surface area contributed by atoms with Gasteiger partial charge < -0.3 is 4.74 Å². The number of ether oxygens (including phenoxy) is 1. The van der Waals surface area contributed by atoms with Crippen molar-refractivity contribution in [1.29, 1.82) is 0 Å². The molecule has 0 radical (unpaired) electrons. The largest absolute Gasteiger partial charge is 0.457 e. The van der Waals surface area contributed by atoms with Crippen molar-refractivity contribution < 1.29 is 18.3 Å². The molecular formula is C14H16F2O2S. The van der Waals surface area contributed by atoms with Gasteiger partial charge in [0.2, 0.25) is 0 Å². The Morgan fingerprint density at radius 2 is 1.84 bits per heavy atom. The standard InChI is InChI=1S/C14H16F2O2S/c1-14(2,3)18-12(17)9-6-10-4-7-11(8-5-10)19-13(15)16/h4-9,13H,1-3H3/b9-6+. The van der Waals surface area contributed by atoms with Crippen molar-refractivity contribution in [3.05, 3.63) is 35.9 Å². The maximum absolute atomic E-state index is 12.1. The molecule has 0 aromatic heterocycles. The average molecular weight is 286 g/mol. The Kier molecular flexibility index (Phi) is 5.54. The molecule has 0 aliphatic heterocycles. The number of rotatable bonds is 4. The maximum Gasteiger partial charge on any atom is 0.331 e. The lowest BCUT2D eigenvalue weighted by Crippen LogP contribution is -2.22. The van der Waals surface area contributed by atoms with E-state index in [9.17, 15) is 13.6 Å². The molecule has 0 amide bonds. The fourth-order valence-electron chi connectivity index (χ4n) is 1.26. The molecule has 0 fully saturated rings. The summed E-state index contributed by atoms with van der Waals surface area (Å²) in [7, 11) is 0. The summed E-state index contributed by atoms with van der Waals surface area (Å²) >= 11 is 0.490. The van der Waals surface area contributed by atoms with Gasteiger partial charge in [-0.15, -0.1) is 0 Å². The number of benzene rings is 1. The number of halogens is 2. The van der Waals surface area contributed by atoms with Gasteiger partial charge in [0.1, 0.15) is 5.60 Å². The predicted molar refractivity (Wildman–Crippen MR) is 73.2 cm³/mol. The molecule has 0 heterocycles. The van der Waals surface area contributed by atoms with Gasteiger partial charge >= 0.3 is 5.97 Å². The molecule has 1 aromatic carbocycles. The zero-order valence-electron chi connectivity index (χ0n) is 11.0. The Morgan fingerprint density at radius 1 is 1.26 bits per heavy atom. The van der Waals surface area contributed by atoms with Crippen LogP contribution >= 0.6 is 11.8 Å². The van der Waals surface area contributed by atoms with Gasteiger partial charge in [0.25, 0.3) is 5.76 Å². The minimum atomic E-state index is -2.43. The van der Waals surface area contributed by atoms with Crippen LogP contribution in [0.3, 0.4) is 0 Å². The van der Waals surface area contributed by atoms with Gasteiger partial charge in [0.15, 0.2) is 0 Å². The molecule has 0 aliphatic carbocycles. The molecule has 1 rings (SSSR count). The van der Waals surface area contributed by atoms with Crippen LogP contribution in [0.1, 0.15) is 26.3 Å². The summed E-state index contributed by atoms with van der Waals surface area (Å²) in [4.78, 5) is 11.9. The van der Waals surface area contributed by atoms with Gasteiger partial charge in [-0.3, -0.25) is 0 Å². The molecule has 0 unspecified atom stereocenters. The van der Waals surface area contributed by atoms with E-state index in [1.54, 1.807) is 51.1 Å². The second kappa shape index (κ2) is 6.70. The van der Waals surface area contributed by atoms with E-state index in [-0.39, 0.29) is 0 Å². The van der Waals surface area contributed by atoms with Gasteiger partial charge in [-0.2, -0.15) is 8.78 Å². The lowest BCUT2D eigenvalue weighted by atomic mass is 10.2. The van der Waals surface area contributed by atoms with E-state index in [4.69, 9.17) is 4.74 Å². The third kappa shape index (κ3) is 6.96. The van der Waals surface area contributed by atoms with Crippen molar-refractivity contribution in [3.8, 4) is 0 Å². The van der Waals surface area contributed by atoms with Crippen LogP contribution in [-0.4, -0.2) is 17.3 Å². The summed E-state index contributed by atoms with van der Waals surface area (Å²) < 4.78 is 29.3. The van der Waals surface area contributed by atoms with Gasteiger partial charge in [0.05, 0.1) is 0 Å². The first-order chi connectivity index (χ1) is 8.76. The highest BCUT2D eigenvalue weighted by Crippen LogP contribution is 2.25. The lowest BCUT2D eigenvalue weighted by molar-refractivity contribution is -0.148. The van der Waals surface area contributed by atoms with Crippen molar-refractivity contribution in [1.82, 2.24) is 0 Å². The van der Waals surface area contributed by atoms with Crippen molar-refractivity contribution in [3.63, 3.8) is 0 Å². The molecule has 2 nitrogen and oxygen atoms in total. The van der Waals surface area contributed by atoms with Crippen molar-refractivity contribution in [2.24, 2.45) is 0 Å². The molecular weight excluding hydrogens is 270 g/mol. The van der Waals surface area contributed by atoms with E-state index in [0.717, 1.165) is 5.56 Å². The van der Waals surface area contributed by atoms with Crippen LogP contribution in [-0.2, 0) is 9.53 Å². The number of hydrogen-bond donors (Lipinski definition) is 0. The van der Waals surface area contributed by atoms with Gasteiger partial charge in [-0.1, -0.05) is 23.9 Å². The zero-order chi connectivity index (χ0) is 14.5. The highest BCUT2D eigenvalue weighted by molar-refractivity contribution is 7.99. The molecule has 19 heavy (non-hydrogen) atoms. The molecule has 0 saturated carbocycles. The van der Waals surface area contributed by atoms with E-state index in [2.05, 4.69) is 0 Å². The average Bonchev–Trinajstić information content (AvgIpc) is 2.25. The van der Waals surface area contributed by atoms with Crippen LogP contribution < -0.4 is 0 Å². The molecule has 0 atom stereocenters. The third-order valence-corrected chi connectivity index (χ3v) is 2.65. The molecule has 0 N–H and O–H groups in total. The van der Waals surface area contributed by atoms with E-state index >= 15 is 0 Å². The van der Waals surface area contributed by atoms with E-state index in [1.165, 1.54) is 6.08 Å². The molecule has 5 heteroatoms. The number of alkyl halides is 2. The molecule has 1 aromatic rings. The van der Waals surface area contributed by atoms with Gasteiger partial charge in [0, 0.05) is 11.0 Å². The molecule has 0 bridgehead atoms. The number of carbonyl (C=O) groups is 1. The summed E-state index contributed by atoms with van der Waals surface area (Å²) in [6.07, 6.45) is 2.91. The van der Waals surface area contributed by atoms with Crippen molar-refractivity contribution in [2.45, 2.75) is 37.0 Å². The fourth-order valence-corrected chi connectivity index (χ4v) is 1.76. The summed E-state index contributed by atoms with van der Waals surface area (Å²) in [6.45, 7) is 5.36. The topological polar surface area (TPSA) is 26.3 Å². The first kappa shape index (κ1) is 15.7. The highest BCUT2D eigenvalue weighted by Gasteiger charge is 2.13. The third-order valence-electron chi connectivity index (χ3n) is 1.92. The monoisotopic (exact) mass is 286 g/mol. The molecule has 0 saturated heterocycles. The minimum absolute atomic E-state index is 0.432. The van der Waals surface area contributed by atoms with Gasteiger partial charge in [-0.25, -0.2) is 4.79 Å². The smallest absolute Gasteiger partial charge is 0.331 e. The van der Waals surface area contributed by atoms with Crippen molar-refractivity contribution in [2.75, 3.05) is 0 Å². The first-order valence-corrected chi connectivity index (χ1v) is 6.60. The van der Waals surface area contributed by atoms with Crippen LogP contribution in [0.2, 0.25) is 0 Å². The number of esters is 1. The van der Waals surface area contributed by atoms with Crippen LogP contribution in [0.4, 0.5) is 8.78 Å².